The van der Waals surface area contributed by atoms with Crippen molar-refractivity contribution in [1.82, 2.24) is 19.8 Å². The van der Waals surface area contributed by atoms with E-state index in [0.29, 0.717) is 16.7 Å². The molecule has 5 rings (SSSR count). The Balaban J connectivity index is 1.48. The van der Waals surface area contributed by atoms with Crippen molar-refractivity contribution in [2.75, 3.05) is 11.9 Å². The standard InChI is InChI=1S/C29H27ClFN5OS/c1-18-17-20(19(2)36(18)25-13-6-3-9-21(25)30)28-27(24-12-7-8-15-32-24)34-29(38)35(28)16-14-26(37)33-23-11-5-4-10-22(23)31/h3-13,15,17,27-28H,14,16H2,1-2H3,(H,33,37)(H,34,38)/t27-,28-/m1/s1. The first-order chi connectivity index (χ1) is 18.3. The number of carbonyl (C=O) groups is 1. The average Bonchev–Trinajstić information content (AvgIpc) is 3.39. The number of hydrogen-bond donors (Lipinski definition) is 2. The van der Waals surface area contributed by atoms with Crippen molar-refractivity contribution < 1.29 is 9.18 Å². The van der Waals surface area contributed by atoms with Crippen LogP contribution in [0.25, 0.3) is 5.69 Å². The number of pyridine rings is 1. The zero-order chi connectivity index (χ0) is 26.8. The van der Waals surface area contributed by atoms with Gasteiger partial charge >= 0.3 is 0 Å². The fourth-order valence-corrected chi connectivity index (χ4v) is 5.63. The lowest BCUT2D eigenvalue weighted by atomic mass is 9.96. The molecule has 38 heavy (non-hydrogen) atoms. The molecule has 2 aromatic heterocycles. The summed E-state index contributed by atoms with van der Waals surface area (Å²) in [5.41, 5.74) is 5.01. The predicted molar refractivity (Wildman–Crippen MR) is 152 cm³/mol. The van der Waals surface area contributed by atoms with Crippen molar-refractivity contribution in [3.8, 4) is 5.69 Å². The Hall–Kier alpha value is -3.75. The molecule has 1 amide bonds. The summed E-state index contributed by atoms with van der Waals surface area (Å²) in [5.74, 6) is -0.765. The van der Waals surface area contributed by atoms with Crippen LogP contribution in [0.2, 0.25) is 5.02 Å². The quantitative estimate of drug-likeness (QED) is 0.267. The number of amides is 1. The van der Waals surface area contributed by atoms with Gasteiger partial charge in [-0.15, -0.1) is 0 Å². The summed E-state index contributed by atoms with van der Waals surface area (Å²) in [6.07, 6.45) is 1.89. The molecule has 0 unspecified atom stereocenters. The molecule has 0 spiro atoms. The zero-order valence-corrected chi connectivity index (χ0v) is 22.6. The van der Waals surface area contributed by atoms with E-state index in [1.807, 2.05) is 54.3 Å². The van der Waals surface area contributed by atoms with E-state index in [0.717, 1.165) is 28.3 Å². The number of thiocarbonyl (C=S) groups is 1. The lowest BCUT2D eigenvalue weighted by Crippen LogP contribution is -2.33. The number of nitrogens with one attached hydrogen (secondary N) is 2. The number of para-hydroxylation sites is 2. The van der Waals surface area contributed by atoms with E-state index in [2.05, 4.69) is 33.2 Å². The number of benzene rings is 2. The smallest absolute Gasteiger partial charge is 0.226 e. The molecule has 2 N–H and O–H groups in total. The lowest BCUT2D eigenvalue weighted by molar-refractivity contribution is -0.116. The molecule has 0 saturated carbocycles. The minimum absolute atomic E-state index is 0.130. The summed E-state index contributed by atoms with van der Waals surface area (Å²) in [7, 11) is 0. The van der Waals surface area contributed by atoms with Gasteiger partial charge in [0.1, 0.15) is 5.82 Å². The predicted octanol–water partition coefficient (Wildman–Crippen LogP) is 6.28. The van der Waals surface area contributed by atoms with Gasteiger partial charge in [0, 0.05) is 30.6 Å². The molecule has 1 saturated heterocycles. The van der Waals surface area contributed by atoms with E-state index in [9.17, 15) is 9.18 Å². The van der Waals surface area contributed by atoms with Crippen molar-refractivity contribution in [2.24, 2.45) is 0 Å². The van der Waals surface area contributed by atoms with Gasteiger partial charge in [-0.05, 0) is 74.1 Å². The first-order valence-corrected chi connectivity index (χ1v) is 13.1. The second-order valence-corrected chi connectivity index (χ2v) is 10.0. The van der Waals surface area contributed by atoms with Gasteiger partial charge < -0.3 is 20.1 Å². The van der Waals surface area contributed by atoms with E-state index in [1.54, 1.807) is 24.4 Å². The molecular formula is C29H27ClFN5OS. The van der Waals surface area contributed by atoms with Gasteiger partial charge in [-0.1, -0.05) is 41.9 Å². The summed E-state index contributed by atoms with van der Waals surface area (Å²) in [6.45, 7) is 4.45. The summed E-state index contributed by atoms with van der Waals surface area (Å²) in [5, 5.41) is 7.28. The number of carbonyl (C=O) groups excluding carboxylic acids is 1. The summed E-state index contributed by atoms with van der Waals surface area (Å²) in [6, 6.07) is 21.3. The molecule has 0 radical (unpaired) electrons. The van der Waals surface area contributed by atoms with Crippen molar-refractivity contribution >= 4 is 40.5 Å². The third-order valence-corrected chi connectivity index (χ3v) is 7.48. The maximum Gasteiger partial charge on any atom is 0.226 e. The topological polar surface area (TPSA) is 62.2 Å². The fraction of sp³-hybridized carbons (Fsp3) is 0.207. The molecule has 194 valence electrons. The summed E-state index contributed by atoms with van der Waals surface area (Å²) < 4.78 is 16.2. The van der Waals surface area contributed by atoms with Gasteiger partial charge in [0.15, 0.2) is 5.11 Å². The molecule has 9 heteroatoms. The fourth-order valence-electron chi connectivity index (χ4n) is 5.07. The first kappa shape index (κ1) is 25.9. The molecular weight excluding hydrogens is 521 g/mol. The Labute approximate surface area is 231 Å². The number of hydrogen-bond acceptors (Lipinski definition) is 3. The summed E-state index contributed by atoms with van der Waals surface area (Å²) >= 11 is 12.3. The minimum atomic E-state index is -0.473. The molecule has 6 nitrogen and oxygen atoms in total. The van der Waals surface area contributed by atoms with Crippen LogP contribution in [0.1, 0.15) is 41.1 Å². The molecule has 1 fully saturated rings. The van der Waals surface area contributed by atoms with Crippen LogP contribution in [0, 0.1) is 19.7 Å². The van der Waals surface area contributed by atoms with Gasteiger partial charge in [-0.3, -0.25) is 9.78 Å². The van der Waals surface area contributed by atoms with Crippen LogP contribution in [0.3, 0.4) is 0 Å². The van der Waals surface area contributed by atoms with Gasteiger partial charge in [-0.2, -0.15) is 0 Å². The van der Waals surface area contributed by atoms with Crippen LogP contribution >= 0.6 is 23.8 Å². The number of halogens is 2. The number of nitrogens with zero attached hydrogens (tertiary/aromatic N) is 3. The van der Waals surface area contributed by atoms with Crippen molar-refractivity contribution in [3.05, 3.63) is 112 Å². The maximum atomic E-state index is 14.1. The van der Waals surface area contributed by atoms with E-state index in [1.165, 1.54) is 6.07 Å². The first-order valence-electron chi connectivity index (χ1n) is 12.3. The Bertz CT molecular complexity index is 1490. The Morgan fingerprint density at radius 2 is 1.84 bits per heavy atom. The second kappa shape index (κ2) is 10.9. The molecule has 2 atom stereocenters. The Morgan fingerprint density at radius 3 is 2.58 bits per heavy atom. The lowest BCUT2D eigenvalue weighted by Gasteiger charge is -2.28. The highest BCUT2D eigenvalue weighted by molar-refractivity contribution is 7.80. The third-order valence-electron chi connectivity index (χ3n) is 6.81. The molecule has 1 aliphatic rings. The van der Waals surface area contributed by atoms with Crippen LogP contribution in [-0.4, -0.2) is 32.0 Å². The molecule has 0 aliphatic carbocycles. The maximum absolute atomic E-state index is 14.1. The van der Waals surface area contributed by atoms with E-state index >= 15 is 0 Å². The number of aromatic nitrogens is 2. The molecule has 3 heterocycles. The molecule has 0 bridgehead atoms. The van der Waals surface area contributed by atoms with Crippen LogP contribution < -0.4 is 10.6 Å². The Morgan fingerprint density at radius 1 is 1.11 bits per heavy atom. The largest absolute Gasteiger partial charge is 0.352 e. The van der Waals surface area contributed by atoms with Crippen molar-refractivity contribution in [1.29, 1.82) is 0 Å². The minimum Gasteiger partial charge on any atom is -0.352 e. The van der Waals surface area contributed by atoms with Crippen LogP contribution in [0.15, 0.2) is 79.0 Å². The summed E-state index contributed by atoms with van der Waals surface area (Å²) in [4.78, 5) is 19.4. The molecule has 1 aliphatic heterocycles. The van der Waals surface area contributed by atoms with Gasteiger partial charge in [0.25, 0.3) is 0 Å². The van der Waals surface area contributed by atoms with Crippen LogP contribution in [0.5, 0.6) is 0 Å². The molecule has 4 aromatic rings. The van der Waals surface area contributed by atoms with Crippen LogP contribution in [-0.2, 0) is 4.79 Å². The van der Waals surface area contributed by atoms with E-state index < -0.39 is 5.82 Å². The SMILES string of the molecule is Cc1cc([C@@H]2[C@@H](c3ccccn3)NC(=S)N2CCC(=O)Nc2ccccc2F)c(C)n1-c1ccccc1Cl. The van der Waals surface area contributed by atoms with E-state index in [-0.39, 0.29) is 30.1 Å². The zero-order valence-electron chi connectivity index (χ0n) is 21.0. The van der Waals surface area contributed by atoms with Crippen molar-refractivity contribution in [3.63, 3.8) is 0 Å². The van der Waals surface area contributed by atoms with Crippen LogP contribution in [0.4, 0.5) is 10.1 Å². The second-order valence-electron chi connectivity index (χ2n) is 9.21. The third kappa shape index (κ3) is 5.01. The van der Waals surface area contributed by atoms with Gasteiger partial charge in [0.2, 0.25) is 5.91 Å². The molecule has 2 aromatic carbocycles. The number of rotatable bonds is 7. The average molecular weight is 548 g/mol. The number of anilines is 1. The van der Waals surface area contributed by atoms with Gasteiger partial charge in [0.05, 0.1) is 34.2 Å². The number of aryl methyl sites for hydroxylation is 1. The van der Waals surface area contributed by atoms with E-state index in [4.69, 9.17) is 23.8 Å². The van der Waals surface area contributed by atoms with Gasteiger partial charge in [-0.25, -0.2) is 4.39 Å². The highest BCUT2D eigenvalue weighted by Gasteiger charge is 2.41. The highest BCUT2D eigenvalue weighted by Crippen LogP contribution is 2.42. The van der Waals surface area contributed by atoms with Crippen molar-refractivity contribution in [2.45, 2.75) is 32.4 Å². The monoisotopic (exact) mass is 547 g/mol. The highest BCUT2D eigenvalue weighted by atomic mass is 35.5. The normalized spacial score (nSPS) is 16.9. The Kier molecular flexibility index (Phi) is 7.44.